The van der Waals surface area contributed by atoms with E-state index in [1.807, 2.05) is 26.0 Å². The number of hydrogen-bond donors (Lipinski definition) is 0. The van der Waals surface area contributed by atoms with E-state index in [2.05, 4.69) is 36.5 Å². The second-order valence-electron chi connectivity index (χ2n) is 8.57. The Balaban J connectivity index is 0.000000607. The molecule has 7 nitrogen and oxygen atoms in total. The monoisotopic (exact) mass is 532 g/mol. The van der Waals surface area contributed by atoms with Gasteiger partial charge in [0.2, 0.25) is 5.91 Å². The molecule has 3 unspecified atom stereocenters. The standard InChI is InChI=1S/C18H24N2O5.C5H6.2ClH.Ti/c1-18(2)24-14-12(10-11-6-4-5-7-11)23-16(15(14)25-18)20-9-8-13(21)19(3)17(20)22;1-2-4-5-3-1;;;/h4-7,11-12,14-16H,8-10H2,1-3H3;1-4H,5H2;2*1H;/q;;;;+2/p-2/t12?,14?,15-,16?;;;;/m0..../s1. The van der Waals surface area contributed by atoms with Crippen LogP contribution in [0.1, 0.15) is 33.1 Å². The van der Waals surface area contributed by atoms with E-state index in [1.165, 1.54) is 7.05 Å². The zero-order valence-corrected chi connectivity index (χ0v) is 22.1. The van der Waals surface area contributed by atoms with Crippen LogP contribution in [-0.2, 0) is 40.7 Å². The quantitative estimate of drug-likeness (QED) is 0.366. The molecule has 33 heavy (non-hydrogen) atoms. The van der Waals surface area contributed by atoms with Crippen LogP contribution >= 0.6 is 0 Å². The smallest absolute Gasteiger partial charge is 1.00 e. The summed E-state index contributed by atoms with van der Waals surface area (Å²) in [6, 6.07) is -0.338. The first-order valence-electron chi connectivity index (χ1n) is 10.6. The Kier molecular flexibility index (Phi) is 11.6. The number of fused-ring (bicyclic) bond motifs is 1. The zero-order valence-electron chi connectivity index (χ0n) is 19.0. The maximum atomic E-state index is 12.6. The zero-order chi connectivity index (χ0) is 21.3. The van der Waals surface area contributed by atoms with Crippen LogP contribution in [-0.4, -0.2) is 65.7 Å². The molecule has 3 heterocycles. The van der Waals surface area contributed by atoms with Crippen LogP contribution in [0.4, 0.5) is 4.79 Å². The van der Waals surface area contributed by atoms with Crippen molar-refractivity contribution in [1.82, 2.24) is 9.80 Å². The first-order chi connectivity index (χ1) is 14.4. The minimum absolute atomic E-state index is 0. The van der Waals surface area contributed by atoms with Crippen molar-refractivity contribution in [3.63, 3.8) is 0 Å². The third-order valence-corrected chi connectivity index (χ3v) is 5.89. The maximum Gasteiger partial charge on any atom is 2.00 e. The van der Waals surface area contributed by atoms with E-state index >= 15 is 0 Å². The molecule has 5 aliphatic rings. The number of ether oxygens (including phenoxy) is 3. The van der Waals surface area contributed by atoms with Crippen molar-refractivity contribution in [2.24, 2.45) is 5.92 Å². The predicted octanol–water partition coefficient (Wildman–Crippen LogP) is -2.84. The van der Waals surface area contributed by atoms with Crippen molar-refractivity contribution >= 4 is 11.9 Å². The van der Waals surface area contributed by atoms with E-state index in [1.54, 1.807) is 4.90 Å². The molecule has 0 bridgehead atoms. The molecule has 0 saturated carbocycles. The van der Waals surface area contributed by atoms with Gasteiger partial charge < -0.3 is 39.0 Å². The Morgan fingerprint density at radius 3 is 2.18 bits per heavy atom. The van der Waals surface area contributed by atoms with Gasteiger partial charge in [-0.2, -0.15) is 0 Å². The number of urea groups is 1. The van der Waals surface area contributed by atoms with Crippen LogP contribution in [0.5, 0.6) is 0 Å². The average Bonchev–Trinajstić information content (AvgIpc) is 3.48. The Morgan fingerprint density at radius 2 is 1.61 bits per heavy atom. The van der Waals surface area contributed by atoms with Gasteiger partial charge in [0.1, 0.15) is 12.2 Å². The van der Waals surface area contributed by atoms with E-state index in [-0.39, 0.29) is 76.8 Å². The number of halogens is 2. The molecule has 10 heteroatoms. The van der Waals surface area contributed by atoms with Gasteiger partial charge in [-0.1, -0.05) is 48.6 Å². The molecule has 4 atom stereocenters. The van der Waals surface area contributed by atoms with Crippen molar-refractivity contribution in [1.29, 1.82) is 0 Å². The van der Waals surface area contributed by atoms with Gasteiger partial charge in [0.05, 0.1) is 6.10 Å². The summed E-state index contributed by atoms with van der Waals surface area (Å²) in [6.07, 6.45) is 17.6. The third-order valence-electron chi connectivity index (χ3n) is 5.89. The van der Waals surface area contributed by atoms with Crippen molar-refractivity contribution in [3.05, 3.63) is 48.6 Å². The topological polar surface area (TPSA) is 68.3 Å². The normalized spacial score (nSPS) is 31.0. The summed E-state index contributed by atoms with van der Waals surface area (Å²) < 4.78 is 18.4. The van der Waals surface area contributed by atoms with Crippen molar-refractivity contribution < 1.29 is 70.3 Å². The first-order valence-corrected chi connectivity index (χ1v) is 10.6. The second-order valence-corrected chi connectivity index (χ2v) is 8.57. The molecule has 0 aromatic heterocycles. The number of rotatable bonds is 3. The largest absolute Gasteiger partial charge is 2.00 e. The number of imide groups is 1. The Bertz CT molecular complexity index is 795. The van der Waals surface area contributed by atoms with E-state index in [9.17, 15) is 9.59 Å². The number of amides is 3. The van der Waals surface area contributed by atoms with E-state index in [0.717, 1.165) is 17.7 Å². The molecule has 0 N–H and O–H groups in total. The van der Waals surface area contributed by atoms with Crippen molar-refractivity contribution in [2.75, 3.05) is 13.6 Å². The van der Waals surface area contributed by atoms with Crippen LogP contribution in [0.3, 0.4) is 0 Å². The van der Waals surface area contributed by atoms with E-state index < -0.39 is 12.0 Å². The number of carbonyl (C=O) groups excluding carboxylic acids is 2. The molecule has 0 aromatic rings. The fraction of sp³-hybridized carbons (Fsp3) is 0.565. The molecule has 180 valence electrons. The van der Waals surface area contributed by atoms with Crippen LogP contribution in [0.15, 0.2) is 48.6 Å². The molecule has 3 amide bonds. The summed E-state index contributed by atoms with van der Waals surface area (Å²) in [4.78, 5) is 27.1. The van der Waals surface area contributed by atoms with Gasteiger partial charge in [-0.05, 0) is 32.6 Å². The molecule has 5 rings (SSSR count). The van der Waals surface area contributed by atoms with Crippen LogP contribution in [0.2, 0.25) is 0 Å². The average molecular weight is 533 g/mol. The van der Waals surface area contributed by atoms with Crippen LogP contribution in [0, 0.1) is 5.92 Å². The molecule has 0 spiro atoms. The molecule has 0 radical (unpaired) electrons. The van der Waals surface area contributed by atoms with Gasteiger partial charge in [-0.25, -0.2) is 4.79 Å². The number of nitrogens with zero attached hydrogens (tertiary/aromatic N) is 2. The fourth-order valence-corrected chi connectivity index (χ4v) is 4.41. The second kappa shape index (κ2) is 12.7. The summed E-state index contributed by atoms with van der Waals surface area (Å²) in [6.45, 7) is 4.10. The van der Waals surface area contributed by atoms with Gasteiger partial charge in [-0.3, -0.25) is 14.6 Å². The van der Waals surface area contributed by atoms with Gasteiger partial charge >= 0.3 is 27.7 Å². The Morgan fingerprint density at radius 1 is 1.00 bits per heavy atom. The summed E-state index contributed by atoms with van der Waals surface area (Å²) in [7, 11) is 1.50. The first kappa shape index (κ1) is 30.1. The number of allylic oxidation sites excluding steroid dienone is 8. The number of carbonyl (C=O) groups is 2. The number of hydrogen-bond acceptors (Lipinski definition) is 5. The van der Waals surface area contributed by atoms with Crippen molar-refractivity contribution in [2.45, 2.75) is 63.4 Å². The predicted molar refractivity (Wildman–Crippen MR) is 111 cm³/mol. The third kappa shape index (κ3) is 6.82. The molecular formula is C23H30Cl2N2O5Ti. The van der Waals surface area contributed by atoms with E-state index in [4.69, 9.17) is 14.2 Å². The Hall–Kier alpha value is -0.926. The summed E-state index contributed by atoms with van der Waals surface area (Å²) in [5.41, 5.74) is 0. The minimum atomic E-state index is -0.711. The fourth-order valence-electron chi connectivity index (χ4n) is 4.41. The van der Waals surface area contributed by atoms with Gasteiger partial charge in [-0.15, -0.1) is 0 Å². The van der Waals surface area contributed by atoms with Crippen LogP contribution in [0.25, 0.3) is 0 Å². The van der Waals surface area contributed by atoms with Gasteiger partial charge in [0, 0.05) is 20.0 Å². The van der Waals surface area contributed by atoms with Gasteiger partial charge in [0.15, 0.2) is 12.0 Å². The van der Waals surface area contributed by atoms with Crippen LogP contribution < -0.4 is 24.8 Å². The molecular weight excluding hydrogens is 503 g/mol. The summed E-state index contributed by atoms with van der Waals surface area (Å²) in [5.74, 6) is -0.576. The molecule has 2 aliphatic carbocycles. The molecule has 3 fully saturated rings. The summed E-state index contributed by atoms with van der Waals surface area (Å²) in [5, 5.41) is 0. The van der Waals surface area contributed by atoms with Gasteiger partial charge in [0.25, 0.3) is 0 Å². The molecule has 0 aromatic carbocycles. The SMILES string of the molecule is C1=CCC=C1.CN1C(=O)CCN(C2OC(CC3C=CC=C3)C3OC(C)(C)O[C@@H]32)C1=O.[Cl-].[Cl-].[Ti+2]. The maximum absolute atomic E-state index is 12.6. The molecule has 3 saturated heterocycles. The molecule has 3 aliphatic heterocycles. The summed E-state index contributed by atoms with van der Waals surface area (Å²) >= 11 is 0. The Labute approximate surface area is 222 Å². The van der Waals surface area contributed by atoms with Crippen molar-refractivity contribution in [3.8, 4) is 0 Å². The minimum Gasteiger partial charge on any atom is -1.00 e. The van der Waals surface area contributed by atoms with E-state index in [0.29, 0.717) is 18.9 Å².